The maximum Gasteiger partial charge on any atom is 0.0992 e. The second kappa shape index (κ2) is 4.89. The van der Waals surface area contributed by atoms with Gasteiger partial charge in [0.05, 0.1) is 23.0 Å². The molecule has 3 rings (SSSR count). The van der Waals surface area contributed by atoms with Crippen LogP contribution in [0.25, 0.3) is 0 Å². The standard InChI is InChI=1S/C15H19N3/c16-11-12-6-7-14-15(10-12)18(9-8-17-14)13-4-2-1-3-5-13/h6-7,10,13,17H,1-5,8-9H2. The summed E-state index contributed by atoms with van der Waals surface area (Å²) in [7, 11) is 0. The Morgan fingerprint density at radius 3 is 2.83 bits per heavy atom. The predicted octanol–water partition coefficient (Wildman–Crippen LogP) is 3.12. The third-order valence-electron chi connectivity index (χ3n) is 4.12. The molecule has 0 atom stereocenters. The second-order valence-electron chi connectivity index (χ2n) is 5.26. The normalized spacial score (nSPS) is 19.8. The number of nitrogens with one attached hydrogen (secondary N) is 1. The lowest BCUT2D eigenvalue weighted by atomic mass is 9.93. The van der Waals surface area contributed by atoms with Gasteiger partial charge in [-0.3, -0.25) is 0 Å². The van der Waals surface area contributed by atoms with Gasteiger partial charge in [0.25, 0.3) is 0 Å². The summed E-state index contributed by atoms with van der Waals surface area (Å²) in [5, 5.41) is 12.5. The van der Waals surface area contributed by atoms with E-state index in [0.29, 0.717) is 6.04 Å². The molecule has 1 aromatic rings. The molecule has 3 heteroatoms. The summed E-state index contributed by atoms with van der Waals surface area (Å²) in [6, 6.07) is 8.90. The van der Waals surface area contributed by atoms with Crippen molar-refractivity contribution >= 4 is 11.4 Å². The SMILES string of the molecule is N#Cc1ccc2c(c1)N(C1CCCCC1)CCN2. The van der Waals surface area contributed by atoms with Crippen molar-refractivity contribution in [2.75, 3.05) is 23.3 Å². The van der Waals surface area contributed by atoms with Gasteiger partial charge >= 0.3 is 0 Å². The molecule has 0 amide bonds. The van der Waals surface area contributed by atoms with Crippen LogP contribution in [0, 0.1) is 11.3 Å². The van der Waals surface area contributed by atoms with Gasteiger partial charge in [-0.25, -0.2) is 0 Å². The zero-order chi connectivity index (χ0) is 12.4. The zero-order valence-electron chi connectivity index (χ0n) is 10.7. The average molecular weight is 241 g/mol. The molecule has 1 N–H and O–H groups in total. The van der Waals surface area contributed by atoms with Crippen molar-refractivity contribution in [3.63, 3.8) is 0 Å². The van der Waals surface area contributed by atoms with E-state index in [1.54, 1.807) is 0 Å². The van der Waals surface area contributed by atoms with Crippen molar-refractivity contribution in [3.05, 3.63) is 23.8 Å². The van der Waals surface area contributed by atoms with Crippen molar-refractivity contribution in [1.82, 2.24) is 0 Å². The first-order valence-corrected chi connectivity index (χ1v) is 6.93. The lowest BCUT2D eigenvalue weighted by molar-refractivity contribution is 0.415. The van der Waals surface area contributed by atoms with Gasteiger partial charge in [-0.1, -0.05) is 19.3 Å². The van der Waals surface area contributed by atoms with Crippen LogP contribution in [0.3, 0.4) is 0 Å². The first-order valence-electron chi connectivity index (χ1n) is 6.93. The molecule has 2 aliphatic rings. The van der Waals surface area contributed by atoms with Gasteiger partial charge in [0.1, 0.15) is 0 Å². The minimum Gasteiger partial charge on any atom is -0.382 e. The van der Waals surface area contributed by atoms with E-state index >= 15 is 0 Å². The number of benzene rings is 1. The fraction of sp³-hybridized carbons (Fsp3) is 0.533. The maximum absolute atomic E-state index is 9.05. The molecule has 3 nitrogen and oxygen atoms in total. The molecule has 1 fully saturated rings. The van der Waals surface area contributed by atoms with Gasteiger partial charge in [0, 0.05) is 19.1 Å². The first-order chi connectivity index (χ1) is 8.88. The summed E-state index contributed by atoms with van der Waals surface area (Å²) in [5.74, 6) is 0. The van der Waals surface area contributed by atoms with Crippen LogP contribution in [0.2, 0.25) is 0 Å². The molecule has 0 radical (unpaired) electrons. The van der Waals surface area contributed by atoms with Gasteiger partial charge in [-0.15, -0.1) is 0 Å². The third kappa shape index (κ3) is 2.03. The van der Waals surface area contributed by atoms with E-state index in [4.69, 9.17) is 5.26 Å². The highest BCUT2D eigenvalue weighted by molar-refractivity contribution is 5.74. The smallest absolute Gasteiger partial charge is 0.0992 e. The van der Waals surface area contributed by atoms with Crippen molar-refractivity contribution < 1.29 is 0 Å². The Morgan fingerprint density at radius 1 is 1.22 bits per heavy atom. The topological polar surface area (TPSA) is 39.1 Å². The van der Waals surface area contributed by atoms with Crippen LogP contribution in [-0.4, -0.2) is 19.1 Å². The van der Waals surface area contributed by atoms with E-state index in [2.05, 4.69) is 16.3 Å². The van der Waals surface area contributed by atoms with Gasteiger partial charge in [-0.2, -0.15) is 5.26 Å². The van der Waals surface area contributed by atoms with Gasteiger partial charge in [0.15, 0.2) is 0 Å². The highest BCUT2D eigenvalue weighted by Gasteiger charge is 2.25. The number of hydrogen-bond donors (Lipinski definition) is 1. The van der Waals surface area contributed by atoms with E-state index in [-0.39, 0.29) is 0 Å². The van der Waals surface area contributed by atoms with E-state index in [9.17, 15) is 0 Å². The maximum atomic E-state index is 9.05. The van der Waals surface area contributed by atoms with Crippen molar-refractivity contribution in [1.29, 1.82) is 5.26 Å². The Kier molecular flexibility index (Phi) is 3.10. The lowest BCUT2D eigenvalue weighted by Crippen LogP contribution is -2.42. The van der Waals surface area contributed by atoms with E-state index in [1.807, 2.05) is 18.2 Å². The fourth-order valence-electron chi connectivity index (χ4n) is 3.19. The van der Waals surface area contributed by atoms with Crippen LogP contribution in [-0.2, 0) is 0 Å². The summed E-state index contributed by atoms with van der Waals surface area (Å²) in [6.07, 6.45) is 6.68. The van der Waals surface area contributed by atoms with Crippen molar-refractivity contribution in [3.8, 4) is 6.07 Å². The Hall–Kier alpha value is -1.69. The van der Waals surface area contributed by atoms with Crippen LogP contribution in [0.1, 0.15) is 37.7 Å². The molecule has 0 aromatic heterocycles. The number of rotatable bonds is 1. The van der Waals surface area contributed by atoms with E-state index in [0.717, 1.165) is 18.7 Å². The number of fused-ring (bicyclic) bond motifs is 1. The molecule has 1 aromatic carbocycles. The number of anilines is 2. The van der Waals surface area contributed by atoms with Gasteiger partial charge in [-0.05, 0) is 31.0 Å². The highest BCUT2D eigenvalue weighted by Crippen LogP contribution is 2.35. The minimum absolute atomic E-state index is 0.675. The highest BCUT2D eigenvalue weighted by atomic mass is 15.2. The summed E-state index contributed by atoms with van der Waals surface area (Å²) in [5.41, 5.74) is 3.18. The molecule has 0 bridgehead atoms. The van der Waals surface area contributed by atoms with E-state index < -0.39 is 0 Å². The van der Waals surface area contributed by atoms with E-state index in [1.165, 1.54) is 43.5 Å². The Balaban J connectivity index is 1.92. The molecule has 1 saturated carbocycles. The van der Waals surface area contributed by atoms with Gasteiger partial charge < -0.3 is 10.2 Å². The van der Waals surface area contributed by atoms with Crippen LogP contribution in [0.4, 0.5) is 11.4 Å². The molecule has 0 spiro atoms. The van der Waals surface area contributed by atoms with Crippen LogP contribution >= 0.6 is 0 Å². The van der Waals surface area contributed by atoms with Crippen LogP contribution in [0.15, 0.2) is 18.2 Å². The molecule has 0 saturated heterocycles. The van der Waals surface area contributed by atoms with Crippen molar-refractivity contribution in [2.24, 2.45) is 0 Å². The second-order valence-corrected chi connectivity index (χ2v) is 5.26. The molecule has 94 valence electrons. The quantitative estimate of drug-likeness (QED) is 0.821. The summed E-state index contributed by atoms with van der Waals surface area (Å²) < 4.78 is 0. The molecular weight excluding hydrogens is 222 g/mol. The lowest BCUT2D eigenvalue weighted by Gasteiger charge is -2.40. The molecule has 1 heterocycles. The average Bonchev–Trinajstić information content (AvgIpc) is 2.47. The molecular formula is C15H19N3. The minimum atomic E-state index is 0.675. The predicted molar refractivity (Wildman–Crippen MR) is 73.9 cm³/mol. The third-order valence-corrected chi connectivity index (χ3v) is 4.12. The summed E-state index contributed by atoms with van der Waals surface area (Å²) in [6.45, 7) is 2.07. The zero-order valence-corrected chi connectivity index (χ0v) is 10.7. The molecule has 1 aliphatic heterocycles. The fourth-order valence-corrected chi connectivity index (χ4v) is 3.19. The molecule has 1 aliphatic carbocycles. The number of nitrogens with zero attached hydrogens (tertiary/aromatic N) is 2. The number of nitriles is 1. The Morgan fingerprint density at radius 2 is 2.06 bits per heavy atom. The molecule has 18 heavy (non-hydrogen) atoms. The van der Waals surface area contributed by atoms with Gasteiger partial charge in [0.2, 0.25) is 0 Å². The van der Waals surface area contributed by atoms with Crippen LogP contribution < -0.4 is 10.2 Å². The van der Waals surface area contributed by atoms with Crippen molar-refractivity contribution in [2.45, 2.75) is 38.1 Å². The summed E-state index contributed by atoms with van der Waals surface area (Å²) >= 11 is 0. The monoisotopic (exact) mass is 241 g/mol. The largest absolute Gasteiger partial charge is 0.382 e. The van der Waals surface area contributed by atoms with Crippen LogP contribution in [0.5, 0.6) is 0 Å². The Bertz CT molecular complexity index is 469. The first kappa shape index (κ1) is 11.4. The Labute approximate surface area is 108 Å². The summed E-state index contributed by atoms with van der Waals surface area (Å²) in [4.78, 5) is 2.52. The number of hydrogen-bond acceptors (Lipinski definition) is 3. The molecule has 0 unspecified atom stereocenters.